The summed E-state index contributed by atoms with van der Waals surface area (Å²) in [6, 6.07) is 16.5. The van der Waals surface area contributed by atoms with E-state index in [1.54, 1.807) is 14.2 Å². The molecule has 0 unspecified atom stereocenters. The first-order valence-corrected chi connectivity index (χ1v) is 6.84. The third-order valence-electron chi connectivity index (χ3n) is 3.69. The largest absolute Gasteiger partial charge is 0.493 e. The van der Waals surface area contributed by atoms with Crippen LogP contribution in [0.2, 0.25) is 0 Å². The summed E-state index contributed by atoms with van der Waals surface area (Å²) >= 11 is 0. The molecule has 0 atom stereocenters. The van der Waals surface area contributed by atoms with Crippen LogP contribution in [0.4, 0.5) is 0 Å². The van der Waals surface area contributed by atoms with Crippen molar-refractivity contribution in [2.24, 2.45) is 7.05 Å². The summed E-state index contributed by atoms with van der Waals surface area (Å²) in [5.41, 5.74) is 2.34. The maximum atomic E-state index is 5.44. The van der Waals surface area contributed by atoms with Crippen LogP contribution in [0.25, 0.3) is 22.0 Å². The maximum Gasteiger partial charge on any atom is 0.220 e. The molecule has 3 nitrogen and oxygen atoms in total. The number of benzene rings is 2. The summed E-state index contributed by atoms with van der Waals surface area (Å²) in [5, 5.41) is 2.27. The van der Waals surface area contributed by atoms with Gasteiger partial charge in [0.25, 0.3) is 0 Å². The number of ether oxygens (including phenoxy) is 2. The van der Waals surface area contributed by atoms with E-state index in [2.05, 4.69) is 48.1 Å². The first-order valence-electron chi connectivity index (χ1n) is 6.84. The summed E-state index contributed by atoms with van der Waals surface area (Å²) in [6.07, 6.45) is 2.07. The van der Waals surface area contributed by atoms with Gasteiger partial charge in [0, 0.05) is 11.6 Å². The molecule has 0 aliphatic carbocycles. The first-order chi connectivity index (χ1) is 10.2. The molecule has 0 spiro atoms. The van der Waals surface area contributed by atoms with E-state index in [-0.39, 0.29) is 0 Å². The number of fused-ring (bicyclic) bond motifs is 1. The summed E-state index contributed by atoms with van der Waals surface area (Å²) in [5.74, 6) is 1.49. The van der Waals surface area contributed by atoms with Gasteiger partial charge in [-0.15, -0.1) is 0 Å². The normalized spacial score (nSPS) is 10.6. The number of aryl methyl sites for hydroxylation is 1. The molecule has 2 aromatic carbocycles. The van der Waals surface area contributed by atoms with E-state index >= 15 is 0 Å². The van der Waals surface area contributed by atoms with Crippen molar-refractivity contribution < 1.29 is 14.0 Å². The fourth-order valence-electron chi connectivity index (χ4n) is 2.65. The highest BCUT2D eigenvalue weighted by atomic mass is 16.5. The average molecular weight is 280 g/mol. The van der Waals surface area contributed by atoms with E-state index in [0.717, 1.165) is 28.0 Å². The third-order valence-corrected chi connectivity index (χ3v) is 3.69. The topological polar surface area (TPSA) is 22.3 Å². The second-order valence-corrected chi connectivity index (χ2v) is 4.94. The van der Waals surface area contributed by atoms with Crippen LogP contribution in [0.1, 0.15) is 0 Å². The summed E-state index contributed by atoms with van der Waals surface area (Å²) < 4.78 is 13.0. The van der Waals surface area contributed by atoms with Crippen LogP contribution in [0.5, 0.6) is 11.5 Å². The van der Waals surface area contributed by atoms with Crippen molar-refractivity contribution in [2.45, 2.75) is 0 Å². The van der Waals surface area contributed by atoms with Crippen molar-refractivity contribution in [3.05, 3.63) is 54.7 Å². The average Bonchev–Trinajstić information content (AvgIpc) is 2.54. The highest BCUT2D eigenvalue weighted by molar-refractivity contribution is 5.95. The maximum absolute atomic E-state index is 5.44. The number of rotatable bonds is 3. The molecule has 0 radical (unpaired) electrons. The minimum absolute atomic E-state index is 0.744. The van der Waals surface area contributed by atoms with Gasteiger partial charge < -0.3 is 9.47 Å². The highest BCUT2D eigenvalue weighted by Gasteiger charge is 2.17. The lowest BCUT2D eigenvalue weighted by Gasteiger charge is -2.11. The van der Waals surface area contributed by atoms with Crippen molar-refractivity contribution in [2.75, 3.05) is 14.2 Å². The zero-order valence-electron chi connectivity index (χ0n) is 12.5. The molecule has 0 aliphatic rings. The predicted octanol–water partition coefficient (Wildman–Crippen LogP) is 3.35. The standard InChI is InChI=1S/C18H18NO2/c1-19-10-9-14-11-16(20-2)17(21-3)12-15(14)18(19)13-7-5-4-6-8-13/h4-12H,1-3H3/q+1. The fraction of sp³-hybridized carbons (Fsp3) is 0.167. The quantitative estimate of drug-likeness (QED) is 0.686. The predicted molar refractivity (Wildman–Crippen MR) is 83.7 cm³/mol. The fourth-order valence-corrected chi connectivity index (χ4v) is 2.65. The van der Waals surface area contributed by atoms with E-state index in [0.29, 0.717) is 0 Å². The van der Waals surface area contributed by atoms with E-state index in [4.69, 9.17) is 9.47 Å². The van der Waals surface area contributed by atoms with Gasteiger partial charge in [-0.05, 0) is 29.7 Å². The van der Waals surface area contributed by atoms with Crippen molar-refractivity contribution in [1.82, 2.24) is 0 Å². The molecule has 0 aliphatic heterocycles. The molecule has 3 aromatic rings. The molecule has 0 bridgehead atoms. The molecular weight excluding hydrogens is 262 g/mol. The smallest absolute Gasteiger partial charge is 0.220 e. The SMILES string of the molecule is COc1cc2cc[n+](C)c(-c3ccccc3)c2cc1OC. The molecule has 0 saturated carbocycles. The number of hydrogen-bond donors (Lipinski definition) is 0. The van der Waals surface area contributed by atoms with E-state index in [9.17, 15) is 0 Å². The van der Waals surface area contributed by atoms with Gasteiger partial charge in [0.15, 0.2) is 17.7 Å². The van der Waals surface area contributed by atoms with Gasteiger partial charge in [-0.3, -0.25) is 0 Å². The van der Waals surface area contributed by atoms with Crippen LogP contribution in [-0.4, -0.2) is 14.2 Å². The molecule has 0 fully saturated rings. The summed E-state index contributed by atoms with van der Waals surface area (Å²) in [7, 11) is 5.37. The second kappa shape index (κ2) is 5.44. The monoisotopic (exact) mass is 280 g/mol. The molecule has 106 valence electrons. The lowest BCUT2D eigenvalue weighted by Crippen LogP contribution is -2.30. The van der Waals surface area contributed by atoms with Crippen LogP contribution in [0, 0.1) is 0 Å². The minimum atomic E-state index is 0.744. The van der Waals surface area contributed by atoms with Crippen LogP contribution >= 0.6 is 0 Å². The Hall–Kier alpha value is -2.55. The van der Waals surface area contributed by atoms with Gasteiger partial charge in [0.05, 0.1) is 19.6 Å². The number of nitrogens with zero attached hydrogens (tertiary/aromatic N) is 1. The zero-order valence-corrected chi connectivity index (χ0v) is 12.5. The van der Waals surface area contributed by atoms with Crippen LogP contribution in [0.3, 0.4) is 0 Å². The lowest BCUT2D eigenvalue weighted by atomic mass is 10.0. The summed E-state index contributed by atoms with van der Waals surface area (Å²) in [4.78, 5) is 0. The highest BCUT2D eigenvalue weighted by Crippen LogP contribution is 2.35. The Morgan fingerprint density at radius 3 is 2.19 bits per heavy atom. The molecule has 3 heteroatoms. The Balaban J connectivity index is 2.35. The Morgan fingerprint density at radius 2 is 1.52 bits per heavy atom. The Labute approximate surface area is 124 Å². The lowest BCUT2D eigenvalue weighted by molar-refractivity contribution is -0.659. The van der Waals surface area contributed by atoms with E-state index < -0.39 is 0 Å². The van der Waals surface area contributed by atoms with Crippen LogP contribution in [0.15, 0.2) is 54.7 Å². The third kappa shape index (κ3) is 2.31. The zero-order chi connectivity index (χ0) is 14.8. The van der Waals surface area contributed by atoms with Crippen LogP contribution in [-0.2, 0) is 7.05 Å². The molecule has 3 rings (SSSR count). The molecular formula is C18H18NO2+. The molecule has 0 amide bonds. The van der Waals surface area contributed by atoms with Crippen molar-refractivity contribution in [1.29, 1.82) is 0 Å². The van der Waals surface area contributed by atoms with E-state index in [1.165, 1.54) is 5.56 Å². The molecule has 1 heterocycles. The minimum Gasteiger partial charge on any atom is -0.493 e. The van der Waals surface area contributed by atoms with Crippen molar-refractivity contribution in [3.63, 3.8) is 0 Å². The summed E-state index contributed by atoms with van der Waals surface area (Å²) in [6.45, 7) is 0. The van der Waals surface area contributed by atoms with Crippen LogP contribution < -0.4 is 14.0 Å². The number of methoxy groups -OCH3 is 2. The molecule has 0 saturated heterocycles. The Kier molecular flexibility index (Phi) is 3.48. The Bertz CT molecular complexity index is 782. The number of aromatic nitrogens is 1. The van der Waals surface area contributed by atoms with Gasteiger partial charge in [-0.1, -0.05) is 18.2 Å². The molecule has 1 aromatic heterocycles. The number of pyridine rings is 1. The van der Waals surface area contributed by atoms with Gasteiger partial charge in [-0.25, -0.2) is 4.57 Å². The van der Waals surface area contributed by atoms with Gasteiger partial charge in [0.1, 0.15) is 7.05 Å². The van der Waals surface area contributed by atoms with Crippen molar-refractivity contribution >= 4 is 10.8 Å². The van der Waals surface area contributed by atoms with Crippen molar-refractivity contribution in [3.8, 4) is 22.8 Å². The molecule has 21 heavy (non-hydrogen) atoms. The van der Waals surface area contributed by atoms with E-state index in [1.807, 2.05) is 18.2 Å². The second-order valence-electron chi connectivity index (χ2n) is 4.94. The van der Waals surface area contributed by atoms with Gasteiger partial charge in [-0.2, -0.15) is 0 Å². The molecule has 0 N–H and O–H groups in total. The van der Waals surface area contributed by atoms with Gasteiger partial charge >= 0.3 is 0 Å². The number of hydrogen-bond acceptors (Lipinski definition) is 2. The first kappa shape index (κ1) is 13.4. The Morgan fingerprint density at radius 1 is 0.857 bits per heavy atom. The van der Waals surface area contributed by atoms with Gasteiger partial charge in [0.2, 0.25) is 5.69 Å².